The molecule has 5 heteroatoms. The average molecular weight is 321 g/mol. The minimum atomic E-state index is -0.189. The third-order valence-electron chi connectivity index (χ3n) is 3.59. The number of fused-ring (bicyclic) bond motifs is 1. The summed E-state index contributed by atoms with van der Waals surface area (Å²) in [4.78, 5) is 10.9. The van der Waals surface area contributed by atoms with Crippen LogP contribution in [0.1, 0.15) is 12.5 Å². The van der Waals surface area contributed by atoms with E-state index in [2.05, 4.69) is 21.2 Å². The Balaban J connectivity index is 1.75. The van der Waals surface area contributed by atoms with Gasteiger partial charge in [0.2, 0.25) is 5.91 Å². The summed E-state index contributed by atoms with van der Waals surface area (Å²) in [7, 11) is 0. The van der Waals surface area contributed by atoms with Gasteiger partial charge in [0.15, 0.2) is 0 Å². The number of amides is 1. The van der Waals surface area contributed by atoms with Crippen LogP contribution >= 0.6 is 0 Å². The molecule has 0 saturated heterocycles. The molecule has 1 N–H and O–H groups in total. The van der Waals surface area contributed by atoms with E-state index in [1.54, 1.807) is 6.21 Å². The van der Waals surface area contributed by atoms with Crippen molar-refractivity contribution >= 4 is 23.0 Å². The van der Waals surface area contributed by atoms with Crippen molar-refractivity contribution in [1.82, 2.24) is 9.99 Å². The molecule has 0 radical (unpaired) electrons. The minimum Gasteiger partial charge on any atom is -0.492 e. The Kier molecular flexibility index (Phi) is 4.91. The number of hydrogen-bond acceptors (Lipinski definition) is 3. The number of hydrogen-bond donors (Lipinski definition) is 1. The zero-order valence-corrected chi connectivity index (χ0v) is 13.5. The van der Waals surface area contributed by atoms with Gasteiger partial charge in [-0.15, -0.1) is 0 Å². The Bertz CT molecular complexity index is 853. The van der Waals surface area contributed by atoms with E-state index in [1.807, 2.05) is 54.7 Å². The first-order valence-corrected chi connectivity index (χ1v) is 7.79. The van der Waals surface area contributed by atoms with Crippen LogP contribution in [0.25, 0.3) is 10.9 Å². The molecule has 0 saturated carbocycles. The van der Waals surface area contributed by atoms with E-state index in [-0.39, 0.29) is 5.91 Å². The normalized spacial score (nSPS) is 11.0. The first kappa shape index (κ1) is 15.8. The smallest absolute Gasteiger partial charge is 0.236 e. The van der Waals surface area contributed by atoms with Crippen molar-refractivity contribution in [3.63, 3.8) is 0 Å². The largest absolute Gasteiger partial charge is 0.492 e. The molecule has 0 aliphatic rings. The van der Waals surface area contributed by atoms with Gasteiger partial charge in [-0.25, -0.2) is 5.43 Å². The highest BCUT2D eigenvalue weighted by Gasteiger charge is 2.06. The van der Waals surface area contributed by atoms with Gasteiger partial charge >= 0.3 is 0 Å². The molecule has 0 spiro atoms. The molecule has 0 fully saturated rings. The van der Waals surface area contributed by atoms with Crippen LogP contribution in [0, 0.1) is 0 Å². The lowest BCUT2D eigenvalue weighted by Crippen LogP contribution is -2.12. The first-order chi connectivity index (χ1) is 11.7. The van der Waals surface area contributed by atoms with Gasteiger partial charge in [0.05, 0.1) is 12.8 Å². The fraction of sp³-hybridized carbons (Fsp3) is 0.158. The maximum Gasteiger partial charge on any atom is 0.236 e. The van der Waals surface area contributed by atoms with Crippen molar-refractivity contribution in [3.05, 3.63) is 66.4 Å². The van der Waals surface area contributed by atoms with Crippen LogP contribution in [0.3, 0.4) is 0 Å². The number of para-hydroxylation sites is 2. The maximum atomic E-state index is 10.9. The van der Waals surface area contributed by atoms with Gasteiger partial charge < -0.3 is 9.30 Å². The molecule has 1 amide bonds. The highest BCUT2D eigenvalue weighted by atomic mass is 16.5. The number of carbonyl (C=O) groups excluding carboxylic acids is 1. The van der Waals surface area contributed by atoms with Crippen LogP contribution in [-0.4, -0.2) is 23.3 Å². The van der Waals surface area contributed by atoms with Crippen LogP contribution in [0.2, 0.25) is 0 Å². The predicted molar refractivity (Wildman–Crippen MR) is 95.3 cm³/mol. The molecule has 122 valence electrons. The van der Waals surface area contributed by atoms with Crippen LogP contribution in [0.5, 0.6) is 5.75 Å². The fourth-order valence-corrected chi connectivity index (χ4v) is 2.53. The summed E-state index contributed by atoms with van der Waals surface area (Å²) in [5.74, 6) is 0.674. The molecule has 0 atom stereocenters. The summed E-state index contributed by atoms with van der Waals surface area (Å²) in [5.41, 5.74) is 4.50. The summed E-state index contributed by atoms with van der Waals surface area (Å²) in [5, 5.41) is 5.05. The zero-order chi connectivity index (χ0) is 16.8. The third kappa shape index (κ3) is 3.81. The molecule has 0 bridgehead atoms. The molecule has 2 aromatic carbocycles. The number of aromatic nitrogens is 1. The van der Waals surface area contributed by atoms with E-state index in [1.165, 1.54) is 6.92 Å². The van der Waals surface area contributed by atoms with Crippen LogP contribution in [-0.2, 0) is 11.3 Å². The van der Waals surface area contributed by atoms with Crippen molar-refractivity contribution in [2.45, 2.75) is 13.5 Å². The van der Waals surface area contributed by atoms with E-state index in [0.717, 1.165) is 28.8 Å². The van der Waals surface area contributed by atoms with Gasteiger partial charge in [-0.05, 0) is 18.2 Å². The first-order valence-electron chi connectivity index (χ1n) is 7.79. The maximum absolute atomic E-state index is 10.9. The predicted octanol–water partition coefficient (Wildman–Crippen LogP) is 3.19. The van der Waals surface area contributed by atoms with Gasteiger partial charge in [0.25, 0.3) is 0 Å². The number of ether oxygens (including phenoxy) is 1. The summed E-state index contributed by atoms with van der Waals surface area (Å²) in [6.45, 7) is 2.73. The lowest BCUT2D eigenvalue weighted by atomic mass is 10.2. The molecule has 0 aliphatic heterocycles. The van der Waals surface area contributed by atoms with E-state index < -0.39 is 0 Å². The van der Waals surface area contributed by atoms with Crippen molar-refractivity contribution in [2.75, 3.05) is 6.61 Å². The fourth-order valence-electron chi connectivity index (χ4n) is 2.53. The number of nitrogens with one attached hydrogen (secondary N) is 1. The molecule has 1 heterocycles. The second kappa shape index (κ2) is 7.46. The molecular weight excluding hydrogens is 302 g/mol. The topological polar surface area (TPSA) is 55.6 Å². The molecule has 0 unspecified atom stereocenters. The number of nitrogens with zero attached hydrogens (tertiary/aromatic N) is 2. The lowest BCUT2D eigenvalue weighted by molar-refractivity contribution is -0.118. The molecule has 24 heavy (non-hydrogen) atoms. The lowest BCUT2D eigenvalue weighted by Gasteiger charge is -2.08. The zero-order valence-electron chi connectivity index (χ0n) is 13.5. The molecule has 3 aromatic rings. The van der Waals surface area contributed by atoms with Crippen molar-refractivity contribution in [3.8, 4) is 5.75 Å². The highest BCUT2D eigenvalue weighted by Crippen LogP contribution is 2.20. The van der Waals surface area contributed by atoms with E-state index in [4.69, 9.17) is 4.74 Å². The summed E-state index contributed by atoms with van der Waals surface area (Å²) >= 11 is 0. The third-order valence-corrected chi connectivity index (χ3v) is 3.59. The number of carbonyl (C=O) groups is 1. The Morgan fingerprint density at radius 3 is 2.71 bits per heavy atom. The Morgan fingerprint density at radius 2 is 1.92 bits per heavy atom. The van der Waals surface area contributed by atoms with Crippen LogP contribution in [0.4, 0.5) is 0 Å². The number of benzene rings is 2. The van der Waals surface area contributed by atoms with Crippen molar-refractivity contribution in [1.29, 1.82) is 0 Å². The van der Waals surface area contributed by atoms with Gasteiger partial charge in [-0.1, -0.05) is 36.4 Å². The van der Waals surface area contributed by atoms with Gasteiger partial charge in [-0.3, -0.25) is 4.79 Å². The number of hydrazone groups is 1. The van der Waals surface area contributed by atoms with Crippen LogP contribution < -0.4 is 10.2 Å². The Hall–Kier alpha value is -3.08. The summed E-state index contributed by atoms with van der Waals surface area (Å²) < 4.78 is 7.90. The minimum absolute atomic E-state index is 0.189. The van der Waals surface area contributed by atoms with Gasteiger partial charge in [0.1, 0.15) is 12.4 Å². The van der Waals surface area contributed by atoms with Crippen molar-refractivity contribution in [2.24, 2.45) is 5.10 Å². The summed E-state index contributed by atoms with van der Waals surface area (Å²) in [6, 6.07) is 17.9. The second-order valence-corrected chi connectivity index (χ2v) is 5.38. The monoisotopic (exact) mass is 321 g/mol. The molecule has 3 rings (SSSR count). The average Bonchev–Trinajstić information content (AvgIpc) is 2.94. The Labute approximate surface area is 140 Å². The highest BCUT2D eigenvalue weighted by molar-refractivity contribution is 5.99. The molecule has 0 aliphatic carbocycles. The molecule has 5 nitrogen and oxygen atoms in total. The van der Waals surface area contributed by atoms with Gasteiger partial charge in [0, 0.05) is 29.6 Å². The standard InChI is InChI=1S/C19H19N3O2/c1-15(23)21-20-13-16-14-22(19-10-6-5-9-18(16)19)11-12-24-17-7-3-2-4-8-17/h2-10,13-14H,11-12H2,1H3,(H,21,23)/b20-13+. The SMILES string of the molecule is CC(=O)N/N=C/c1cn(CCOc2ccccc2)c2ccccc12. The Morgan fingerprint density at radius 1 is 1.17 bits per heavy atom. The molecular formula is C19H19N3O2. The quantitative estimate of drug-likeness (QED) is 0.560. The summed E-state index contributed by atoms with van der Waals surface area (Å²) in [6.07, 6.45) is 3.68. The molecule has 1 aromatic heterocycles. The van der Waals surface area contributed by atoms with E-state index in [0.29, 0.717) is 6.61 Å². The van der Waals surface area contributed by atoms with E-state index >= 15 is 0 Å². The van der Waals surface area contributed by atoms with E-state index in [9.17, 15) is 4.79 Å². The number of rotatable bonds is 6. The van der Waals surface area contributed by atoms with Crippen LogP contribution in [0.15, 0.2) is 65.9 Å². The van der Waals surface area contributed by atoms with Crippen molar-refractivity contribution < 1.29 is 9.53 Å². The van der Waals surface area contributed by atoms with Gasteiger partial charge in [-0.2, -0.15) is 5.10 Å². The second-order valence-electron chi connectivity index (χ2n) is 5.38.